The van der Waals surface area contributed by atoms with Gasteiger partial charge in [0.2, 0.25) is 0 Å². The highest BCUT2D eigenvalue weighted by Gasteiger charge is 2.23. The first-order chi connectivity index (χ1) is 12.1. The Hall–Kier alpha value is -2.88. The third-order valence-corrected chi connectivity index (χ3v) is 4.75. The minimum absolute atomic E-state index is 0.0882. The molecule has 0 amide bonds. The summed E-state index contributed by atoms with van der Waals surface area (Å²) in [5, 5.41) is 13.0. The van der Waals surface area contributed by atoms with Gasteiger partial charge in [-0.25, -0.2) is 0 Å². The predicted molar refractivity (Wildman–Crippen MR) is 95.4 cm³/mol. The van der Waals surface area contributed by atoms with Crippen molar-refractivity contribution in [2.24, 2.45) is 0 Å². The Balaban J connectivity index is 1.60. The van der Waals surface area contributed by atoms with Crippen LogP contribution in [0.2, 0.25) is 0 Å². The monoisotopic (exact) mass is 333 g/mol. The van der Waals surface area contributed by atoms with E-state index in [1.165, 1.54) is 24.0 Å². The summed E-state index contributed by atoms with van der Waals surface area (Å²) in [6.07, 6.45) is 2.53. The molecule has 1 aliphatic rings. The van der Waals surface area contributed by atoms with Gasteiger partial charge in [0.15, 0.2) is 5.76 Å². The quantitative estimate of drug-likeness (QED) is 0.727. The summed E-state index contributed by atoms with van der Waals surface area (Å²) in [6.45, 7) is 1.76. The fourth-order valence-corrected chi connectivity index (χ4v) is 3.15. The van der Waals surface area contributed by atoms with Crippen molar-refractivity contribution in [3.05, 3.63) is 65.4 Å². The maximum atomic E-state index is 11.1. The van der Waals surface area contributed by atoms with Gasteiger partial charge in [-0.3, -0.25) is 4.79 Å². The summed E-state index contributed by atoms with van der Waals surface area (Å²) in [6, 6.07) is 16.7. The molecule has 0 atom stereocenters. The third kappa shape index (κ3) is 3.20. The molecule has 0 bridgehead atoms. The second-order valence-electron chi connectivity index (χ2n) is 6.62. The molecule has 0 unspecified atom stereocenters. The van der Waals surface area contributed by atoms with Crippen LogP contribution in [0.5, 0.6) is 0 Å². The number of carbonyl (C=O) groups is 1. The predicted octanol–water partition coefficient (Wildman–Crippen LogP) is 4.82. The zero-order valence-corrected chi connectivity index (χ0v) is 14.0. The van der Waals surface area contributed by atoms with Gasteiger partial charge in [0.05, 0.1) is 12.1 Å². The highest BCUT2D eigenvalue weighted by molar-refractivity contribution is 5.76. The van der Waals surface area contributed by atoms with Crippen LogP contribution < -0.4 is 0 Å². The van der Waals surface area contributed by atoms with E-state index < -0.39 is 5.97 Å². The molecule has 3 aromatic rings. The maximum Gasteiger partial charge on any atom is 0.308 e. The van der Waals surface area contributed by atoms with Crippen molar-refractivity contribution in [3.8, 4) is 22.5 Å². The normalized spacial score (nSPS) is 13.8. The first kappa shape index (κ1) is 15.6. The summed E-state index contributed by atoms with van der Waals surface area (Å²) in [5.74, 6) is 0.411. The van der Waals surface area contributed by atoms with Gasteiger partial charge >= 0.3 is 5.97 Å². The number of aryl methyl sites for hydroxylation is 1. The molecule has 25 heavy (non-hydrogen) atoms. The van der Waals surface area contributed by atoms with Gasteiger partial charge in [0.1, 0.15) is 0 Å². The number of hydrogen-bond acceptors (Lipinski definition) is 3. The topological polar surface area (TPSA) is 63.3 Å². The van der Waals surface area contributed by atoms with Crippen molar-refractivity contribution in [2.45, 2.75) is 32.1 Å². The average Bonchev–Trinajstić information content (AvgIpc) is 3.41. The fourth-order valence-electron chi connectivity index (χ4n) is 3.15. The molecule has 1 N–H and O–H groups in total. The lowest BCUT2D eigenvalue weighted by Crippen LogP contribution is -2.01. The van der Waals surface area contributed by atoms with E-state index in [-0.39, 0.29) is 6.42 Å². The summed E-state index contributed by atoms with van der Waals surface area (Å²) in [5.41, 5.74) is 5.83. The lowest BCUT2D eigenvalue weighted by atomic mass is 9.99. The van der Waals surface area contributed by atoms with Crippen LogP contribution in [0, 0.1) is 6.92 Å². The van der Waals surface area contributed by atoms with Gasteiger partial charge in [-0.1, -0.05) is 53.7 Å². The molecule has 1 heterocycles. The summed E-state index contributed by atoms with van der Waals surface area (Å²) >= 11 is 0. The first-order valence-corrected chi connectivity index (χ1v) is 8.49. The minimum Gasteiger partial charge on any atom is -0.481 e. The van der Waals surface area contributed by atoms with Gasteiger partial charge in [-0.05, 0) is 42.4 Å². The van der Waals surface area contributed by atoms with Crippen LogP contribution in [0.25, 0.3) is 22.5 Å². The van der Waals surface area contributed by atoms with E-state index in [0.29, 0.717) is 17.0 Å². The molecule has 1 saturated carbocycles. The Kier molecular flexibility index (Phi) is 3.88. The molecule has 4 heteroatoms. The molecule has 1 aromatic heterocycles. The molecule has 0 aliphatic heterocycles. The second-order valence-corrected chi connectivity index (χ2v) is 6.62. The highest BCUT2D eigenvalue weighted by Crippen LogP contribution is 2.40. The number of carboxylic acids is 1. The van der Waals surface area contributed by atoms with Crippen molar-refractivity contribution >= 4 is 5.97 Å². The lowest BCUT2D eigenvalue weighted by molar-refractivity contribution is -0.136. The van der Waals surface area contributed by atoms with E-state index in [4.69, 9.17) is 9.63 Å². The van der Waals surface area contributed by atoms with Crippen LogP contribution in [-0.2, 0) is 11.2 Å². The van der Waals surface area contributed by atoms with Crippen molar-refractivity contribution in [3.63, 3.8) is 0 Å². The summed E-state index contributed by atoms with van der Waals surface area (Å²) in [7, 11) is 0. The zero-order valence-electron chi connectivity index (χ0n) is 14.0. The Morgan fingerprint density at radius 2 is 1.60 bits per heavy atom. The van der Waals surface area contributed by atoms with Crippen LogP contribution in [0.3, 0.4) is 0 Å². The van der Waals surface area contributed by atoms with E-state index in [1.54, 1.807) is 6.92 Å². The van der Waals surface area contributed by atoms with Gasteiger partial charge in [-0.15, -0.1) is 0 Å². The number of benzene rings is 2. The minimum atomic E-state index is -0.889. The van der Waals surface area contributed by atoms with Crippen molar-refractivity contribution < 1.29 is 14.4 Å². The van der Waals surface area contributed by atoms with Crippen LogP contribution in [0.15, 0.2) is 53.1 Å². The molecule has 126 valence electrons. The molecule has 0 spiro atoms. The molecule has 4 rings (SSSR count). The number of rotatable bonds is 5. The van der Waals surface area contributed by atoms with E-state index in [9.17, 15) is 4.79 Å². The highest BCUT2D eigenvalue weighted by atomic mass is 16.5. The molecular weight excluding hydrogens is 314 g/mol. The lowest BCUT2D eigenvalue weighted by Gasteiger charge is -2.05. The van der Waals surface area contributed by atoms with E-state index >= 15 is 0 Å². The maximum absolute atomic E-state index is 11.1. The fraction of sp³-hybridized carbons (Fsp3) is 0.238. The summed E-state index contributed by atoms with van der Waals surface area (Å²) in [4.78, 5) is 11.1. The number of aliphatic carboxylic acids is 1. The van der Waals surface area contributed by atoms with E-state index in [0.717, 1.165) is 17.0 Å². The molecule has 4 nitrogen and oxygen atoms in total. The van der Waals surface area contributed by atoms with E-state index in [1.807, 2.05) is 24.3 Å². The summed E-state index contributed by atoms with van der Waals surface area (Å²) < 4.78 is 5.36. The van der Waals surface area contributed by atoms with Gasteiger partial charge in [0, 0.05) is 11.1 Å². The largest absolute Gasteiger partial charge is 0.481 e. The standard InChI is InChI=1S/C21H19NO3/c1-13-19(12-20(23)24)21(25-22-13)18-10-8-17(9-11-18)16-6-4-15(5-7-16)14-2-3-14/h4-11,14H,2-3,12H2,1H3,(H,23,24). The number of carboxylic acid groups (broad SMARTS) is 1. The van der Waals surface area contributed by atoms with Crippen LogP contribution in [-0.4, -0.2) is 16.2 Å². The third-order valence-electron chi connectivity index (χ3n) is 4.75. The Labute approximate surface area is 146 Å². The molecule has 0 saturated heterocycles. The van der Waals surface area contributed by atoms with E-state index in [2.05, 4.69) is 29.4 Å². The number of aromatic nitrogens is 1. The molecular formula is C21H19NO3. The van der Waals surface area contributed by atoms with Gasteiger partial charge in [0.25, 0.3) is 0 Å². The smallest absolute Gasteiger partial charge is 0.308 e. The molecule has 1 fully saturated rings. The van der Waals surface area contributed by atoms with Gasteiger partial charge in [-0.2, -0.15) is 0 Å². The van der Waals surface area contributed by atoms with Crippen LogP contribution in [0.4, 0.5) is 0 Å². The number of hydrogen-bond donors (Lipinski definition) is 1. The second kappa shape index (κ2) is 6.20. The van der Waals surface area contributed by atoms with Gasteiger partial charge < -0.3 is 9.63 Å². The number of nitrogens with zero attached hydrogens (tertiary/aromatic N) is 1. The van der Waals surface area contributed by atoms with Crippen LogP contribution in [0.1, 0.15) is 35.6 Å². The van der Waals surface area contributed by atoms with Crippen molar-refractivity contribution in [2.75, 3.05) is 0 Å². The first-order valence-electron chi connectivity index (χ1n) is 8.49. The SMILES string of the molecule is Cc1noc(-c2ccc(-c3ccc(C4CC4)cc3)cc2)c1CC(=O)O. The Morgan fingerprint density at radius 1 is 1.04 bits per heavy atom. The van der Waals surface area contributed by atoms with Crippen LogP contribution >= 0.6 is 0 Å². The molecule has 0 radical (unpaired) electrons. The Bertz CT molecular complexity index is 903. The average molecular weight is 333 g/mol. The van der Waals surface area contributed by atoms with Crippen molar-refractivity contribution in [1.29, 1.82) is 0 Å². The Morgan fingerprint density at radius 3 is 2.16 bits per heavy atom. The molecule has 1 aliphatic carbocycles. The zero-order chi connectivity index (χ0) is 17.4. The van der Waals surface area contributed by atoms with Crippen molar-refractivity contribution in [1.82, 2.24) is 5.16 Å². The molecule has 2 aromatic carbocycles.